The van der Waals surface area contributed by atoms with Gasteiger partial charge in [0.05, 0.1) is 44.6 Å². The third-order valence-corrected chi connectivity index (χ3v) is 12.5. The number of aromatic nitrogens is 10. The first-order valence-electron chi connectivity index (χ1n) is 22.1. The Morgan fingerprint density at radius 1 is 0.361 bits per heavy atom. The van der Waals surface area contributed by atoms with Gasteiger partial charge in [-0.2, -0.15) is 31.6 Å². The van der Waals surface area contributed by atoms with Gasteiger partial charge in [-0.05, 0) is 127 Å². The average molecular weight is 958 g/mol. The van der Waals surface area contributed by atoms with Crippen molar-refractivity contribution in [3.8, 4) is 74.1 Å². The largest absolute Gasteiger partial charge is 0.417 e. The van der Waals surface area contributed by atoms with Crippen LogP contribution in [0.5, 0.6) is 0 Å². The minimum absolute atomic E-state index is 0.00105. The Labute approximate surface area is 403 Å². The number of hydrogen-bond donors (Lipinski definition) is 0. The van der Waals surface area contributed by atoms with E-state index in [1.165, 1.54) is 12.1 Å². The minimum atomic E-state index is -5.23. The van der Waals surface area contributed by atoms with E-state index in [2.05, 4.69) is 45.9 Å². The lowest BCUT2D eigenvalue weighted by molar-refractivity contribution is -0.142. The highest BCUT2D eigenvalue weighted by atomic mass is 19.4. The molecule has 346 valence electrons. The van der Waals surface area contributed by atoms with E-state index in [9.17, 15) is 5.26 Å². The van der Waals surface area contributed by atoms with Crippen LogP contribution in [-0.4, -0.2) is 49.0 Å². The van der Waals surface area contributed by atoms with Crippen LogP contribution >= 0.6 is 0 Å². The highest BCUT2D eigenvalue weighted by Gasteiger charge is 2.41. The van der Waals surface area contributed by atoms with Crippen LogP contribution in [0.1, 0.15) is 16.7 Å². The molecule has 6 aromatic carbocycles. The molecule has 17 heteroatoms. The summed E-state index contributed by atoms with van der Waals surface area (Å²) in [6.45, 7) is 0. The molecule has 6 aromatic heterocycles. The summed E-state index contributed by atoms with van der Waals surface area (Å²) < 4.78 is 95.0. The number of benzene rings is 6. The van der Waals surface area contributed by atoms with Crippen LogP contribution in [0.3, 0.4) is 0 Å². The fraction of sp³-hybridized carbons (Fsp3) is 0.0364. The minimum Gasteiger partial charge on any atom is -0.308 e. The maximum atomic E-state index is 15.3. The fourth-order valence-corrected chi connectivity index (χ4v) is 9.47. The van der Waals surface area contributed by atoms with Crippen LogP contribution in [0.25, 0.3) is 112 Å². The molecule has 0 atom stereocenters. The molecule has 0 aliphatic heterocycles. The highest BCUT2D eigenvalue weighted by Crippen LogP contribution is 2.48. The quantitative estimate of drug-likeness (QED) is 0.143. The number of alkyl halides is 6. The number of halogens is 6. The van der Waals surface area contributed by atoms with E-state index in [1.807, 2.05) is 24.3 Å². The summed E-state index contributed by atoms with van der Waals surface area (Å²) in [5, 5.41) is 14.0. The van der Waals surface area contributed by atoms with Gasteiger partial charge in [0.1, 0.15) is 11.6 Å². The number of nitriles is 1. The second-order valence-electron chi connectivity index (χ2n) is 16.6. The molecule has 0 aliphatic carbocycles. The Hall–Kier alpha value is -9.69. The van der Waals surface area contributed by atoms with E-state index in [1.54, 1.807) is 132 Å². The van der Waals surface area contributed by atoms with Crippen molar-refractivity contribution < 1.29 is 26.3 Å². The summed E-state index contributed by atoms with van der Waals surface area (Å²) in [5.74, 6) is 1.62. The van der Waals surface area contributed by atoms with E-state index < -0.39 is 34.6 Å². The average Bonchev–Trinajstić information content (AvgIpc) is 3.92. The predicted molar refractivity (Wildman–Crippen MR) is 259 cm³/mol. The monoisotopic (exact) mass is 957 g/mol. The SMILES string of the molecule is N#Cc1c(-n2c3ccc(-c4ncccn4)cc3c3cc(-c4ncccn4)ccc32)cc(-c2c(C(F)(F)F)cccc2C(F)(F)F)cc1-n1c2ccc(-c3ncccn3)cc2c2cc(-c3ncccn3)ccc21. The first-order chi connectivity index (χ1) is 34.9. The molecule has 0 amide bonds. The molecule has 0 unspecified atom stereocenters. The standard InChI is InChI=1S/C55H29F6N11/c56-54(57,58)41-6-1-7-42(55(59,60)61)49(41)35-28-47(71-43-12-8-31(50-63-16-2-17-64-50)24-36(43)37-25-32(9-13-44(37)71)51-65-18-3-19-66-51)40(30-62)48(29-35)72-45-14-10-33(52-67-20-4-21-68-52)26-38(45)39-27-34(11-15-46(39)72)53-69-22-5-23-70-53/h1-29H. The lowest BCUT2D eigenvalue weighted by atomic mass is 9.91. The second-order valence-corrected chi connectivity index (χ2v) is 16.6. The molecule has 0 spiro atoms. The third-order valence-electron chi connectivity index (χ3n) is 12.5. The molecule has 0 saturated heterocycles. The smallest absolute Gasteiger partial charge is 0.308 e. The first kappa shape index (κ1) is 43.6. The summed E-state index contributed by atoms with van der Waals surface area (Å²) in [6.07, 6.45) is 2.33. The zero-order valence-electron chi connectivity index (χ0n) is 36.9. The van der Waals surface area contributed by atoms with E-state index in [0.717, 1.165) is 6.07 Å². The summed E-state index contributed by atoms with van der Waals surface area (Å²) in [4.78, 5) is 35.6. The number of nitrogens with zero attached hydrogens (tertiary/aromatic N) is 11. The molecule has 72 heavy (non-hydrogen) atoms. The van der Waals surface area contributed by atoms with Gasteiger partial charge in [0.25, 0.3) is 0 Å². The van der Waals surface area contributed by atoms with Gasteiger partial charge in [-0.15, -0.1) is 0 Å². The second kappa shape index (κ2) is 16.8. The topological polar surface area (TPSA) is 137 Å². The van der Waals surface area contributed by atoms with Crippen molar-refractivity contribution in [1.29, 1.82) is 5.26 Å². The Morgan fingerprint density at radius 2 is 0.653 bits per heavy atom. The van der Waals surface area contributed by atoms with Crippen LogP contribution in [0.2, 0.25) is 0 Å². The molecule has 12 rings (SSSR count). The van der Waals surface area contributed by atoms with Gasteiger partial charge in [0, 0.05) is 98.9 Å². The fourth-order valence-electron chi connectivity index (χ4n) is 9.47. The molecule has 12 aromatic rings. The molecule has 0 bridgehead atoms. The van der Waals surface area contributed by atoms with E-state index in [-0.39, 0.29) is 16.9 Å². The molecule has 6 heterocycles. The van der Waals surface area contributed by atoms with Crippen LogP contribution in [0.4, 0.5) is 26.3 Å². The van der Waals surface area contributed by atoms with Gasteiger partial charge in [0.2, 0.25) is 0 Å². The third kappa shape index (κ3) is 7.31. The molecule has 0 N–H and O–H groups in total. The highest BCUT2D eigenvalue weighted by molar-refractivity contribution is 6.13. The van der Waals surface area contributed by atoms with Gasteiger partial charge >= 0.3 is 12.4 Å². The molecule has 0 saturated carbocycles. The number of hydrogen-bond acceptors (Lipinski definition) is 9. The maximum Gasteiger partial charge on any atom is 0.417 e. The Balaban J connectivity index is 1.23. The molecule has 0 radical (unpaired) electrons. The van der Waals surface area contributed by atoms with Crippen molar-refractivity contribution in [3.05, 3.63) is 194 Å². The van der Waals surface area contributed by atoms with Crippen LogP contribution < -0.4 is 0 Å². The van der Waals surface area contributed by atoms with Crippen molar-refractivity contribution in [2.45, 2.75) is 12.4 Å². The predicted octanol–water partition coefficient (Wildman–Crippen LogP) is 13.3. The molecule has 0 aliphatic rings. The van der Waals surface area contributed by atoms with E-state index in [4.69, 9.17) is 0 Å². The molecule has 0 fully saturated rings. The summed E-state index contributed by atoms with van der Waals surface area (Å²) in [7, 11) is 0. The van der Waals surface area contributed by atoms with Crippen LogP contribution in [0, 0.1) is 11.3 Å². The van der Waals surface area contributed by atoms with Gasteiger partial charge in [-0.1, -0.05) is 6.07 Å². The Bertz CT molecular complexity index is 3690. The van der Waals surface area contributed by atoms with Crippen molar-refractivity contribution in [2.75, 3.05) is 0 Å². The molecular formula is C55H29F6N11. The summed E-state index contributed by atoms with van der Waals surface area (Å²) in [5.41, 5.74) is -0.263. The summed E-state index contributed by atoms with van der Waals surface area (Å²) >= 11 is 0. The van der Waals surface area contributed by atoms with Crippen molar-refractivity contribution in [1.82, 2.24) is 49.0 Å². The van der Waals surface area contributed by atoms with Gasteiger partial charge in [0.15, 0.2) is 23.3 Å². The zero-order chi connectivity index (χ0) is 49.3. The Morgan fingerprint density at radius 3 is 0.917 bits per heavy atom. The lowest BCUT2D eigenvalue weighted by Crippen LogP contribution is -2.15. The summed E-state index contributed by atoms with van der Waals surface area (Å²) in [6, 6.07) is 35.0. The zero-order valence-corrected chi connectivity index (χ0v) is 36.9. The van der Waals surface area contributed by atoms with E-state index >= 15 is 26.3 Å². The van der Waals surface area contributed by atoms with Crippen molar-refractivity contribution in [3.63, 3.8) is 0 Å². The van der Waals surface area contributed by atoms with Gasteiger partial charge < -0.3 is 9.13 Å². The van der Waals surface area contributed by atoms with Gasteiger partial charge in [-0.3, -0.25) is 0 Å². The van der Waals surface area contributed by atoms with Crippen LogP contribution in [0.15, 0.2) is 177 Å². The molecular weight excluding hydrogens is 929 g/mol. The maximum absolute atomic E-state index is 15.3. The Kier molecular flexibility index (Phi) is 10.2. The first-order valence-corrected chi connectivity index (χ1v) is 22.1. The van der Waals surface area contributed by atoms with Crippen molar-refractivity contribution >= 4 is 43.6 Å². The number of fused-ring (bicyclic) bond motifs is 6. The lowest BCUT2D eigenvalue weighted by Gasteiger charge is -2.22. The van der Waals surface area contributed by atoms with E-state index in [0.29, 0.717) is 101 Å². The van der Waals surface area contributed by atoms with Crippen LogP contribution in [-0.2, 0) is 12.4 Å². The van der Waals surface area contributed by atoms with Crippen molar-refractivity contribution in [2.24, 2.45) is 0 Å². The normalized spacial score (nSPS) is 12.0. The van der Waals surface area contributed by atoms with Gasteiger partial charge in [-0.25, -0.2) is 39.9 Å². The molecule has 11 nitrogen and oxygen atoms in total. The number of rotatable bonds is 7.